The van der Waals surface area contributed by atoms with Crippen molar-refractivity contribution in [1.29, 1.82) is 0 Å². The lowest BCUT2D eigenvalue weighted by Crippen LogP contribution is -2.48. The van der Waals surface area contributed by atoms with Crippen molar-refractivity contribution in [3.8, 4) is 17.5 Å². The fraction of sp³-hybridized carbons (Fsp3) is 0.259. The molecule has 0 fully saturated rings. The number of aryl methyl sites for hydroxylation is 1. The van der Waals surface area contributed by atoms with Gasteiger partial charge in [0, 0.05) is 10.9 Å². The molecule has 0 saturated heterocycles. The molecule has 5 rings (SSSR count). The van der Waals surface area contributed by atoms with E-state index in [4.69, 9.17) is 5.73 Å². The van der Waals surface area contributed by atoms with Crippen molar-refractivity contribution in [2.24, 2.45) is 0 Å². The first-order valence-corrected chi connectivity index (χ1v) is 11.5. The summed E-state index contributed by atoms with van der Waals surface area (Å²) in [5.41, 5.74) is 10.7. The number of aliphatic hydroxyl groups excluding tert-OH is 1. The number of aliphatic hydroxyl groups is 1. The van der Waals surface area contributed by atoms with E-state index in [0.717, 1.165) is 45.8 Å². The molecule has 0 bridgehead atoms. The monoisotopic (exact) mass is 466 g/mol. The molecule has 1 aromatic carbocycles. The van der Waals surface area contributed by atoms with Crippen LogP contribution in [0.5, 0.6) is 0 Å². The third-order valence-electron chi connectivity index (χ3n) is 6.25. The van der Waals surface area contributed by atoms with E-state index in [0.29, 0.717) is 16.7 Å². The van der Waals surface area contributed by atoms with Crippen LogP contribution < -0.4 is 21.7 Å². The maximum atomic E-state index is 13.9. The molecule has 1 atom stereocenters. The Morgan fingerprint density at radius 3 is 2.80 bits per heavy atom. The Hall–Kier alpha value is -4.22. The highest BCUT2D eigenvalue weighted by Gasteiger charge is 2.18. The van der Waals surface area contributed by atoms with Gasteiger partial charge in [-0.1, -0.05) is 35.8 Å². The molecule has 1 aliphatic carbocycles. The number of para-hydroxylation sites is 1. The number of nitrogens with zero attached hydrogens (tertiary/aromatic N) is 5. The minimum absolute atomic E-state index is 0.0417. The summed E-state index contributed by atoms with van der Waals surface area (Å²) in [7, 11) is 0. The minimum Gasteiger partial charge on any atom is -0.383 e. The number of anilines is 1. The smallest absolute Gasteiger partial charge is 0.263 e. The Morgan fingerprint density at radius 1 is 1.23 bits per heavy atom. The van der Waals surface area contributed by atoms with Crippen LogP contribution in [0.2, 0.25) is 0 Å². The number of benzene rings is 1. The number of fused-ring (bicyclic) bond motifs is 2. The van der Waals surface area contributed by atoms with E-state index in [1.807, 2.05) is 38.1 Å². The first-order chi connectivity index (χ1) is 16.8. The van der Waals surface area contributed by atoms with Crippen LogP contribution in [0.15, 0.2) is 41.5 Å². The zero-order chi connectivity index (χ0) is 24.7. The summed E-state index contributed by atoms with van der Waals surface area (Å²) in [6, 6.07) is 9.90. The van der Waals surface area contributed by atoms with Gasteiger partial charge in [0.25, 0.3) is 5.56 Å². The summed E-state index contributed by atoms with van der Waals surface area (Å²) < 4.78 is 3.46. The number of aromatic nitrogens is 5. The Kier molecular flexibility index (Phi) is 5.71. The number of hydrogen-bond donors (Lipinski definition) is 2. The van der Waals surface area contributed by atoms with Gasteiger partial charge in [-0.2, -0.15) is 5.10 Å². The molecule has 0 aliphatic heterocycles. The van der Waals surface area contributed by atoms with Crippen LogP contribution in [0.4, 0.5) is 5.82 Å². The molecule has 0 amide bonds. The van der Waals surface area contributed by atoms with E-state index in [-0.39, 0.29) is 17.9 Å². The number of nitrogen functional groups attached to an aromatic ring is 1. The van der Waals surface area contributed by atoms with Crippen LogP contribution in [-0.2, 0) is 6.54 Å². The highest BCUT2D eigenvalue weighted by Crippen LogP contribution is 2.22. The molecule has 1 aliphatic rings. The lowest BCUT2D eigenvalue weighted by atomic mass is 10.0. The van der Waals surface area contributed by atoms with Crippen molar-refractivity contribution in [2.75, 3.05) is 5.73 Å². The summed E-state index contributed by atoms with van der Waals surface area (Å²) in [5.74, 6) is 5.86. The van der Waals surface area contributed by atoms with Crippen LogP contribution in [0.25, 0.3) is 28.4 Å². The predicted octanol–water partition coefficient (Wildman–Crippen LogP) is 1.39. The average Bonchev–Trinajstić information content (AvgIpc) is 3.17. The van der Waals surface area contributed by atoms with Crippen LogP contribution >= 0.6 is 0 Å². The Balaban J connectivity index is 1.79. The third-order valence-corrected chi connectivity index (χ3v) is 6.25. The number of pyridine rings is 1. The molecule has 176 valence electrons. The maximum Gasteiger partial charge on any atom is 0.263 e. The molecule has 8 heteroatoms. The molecule has 0 saturated carbocycles. The maximum absolute atomic E-state index is 13.9. The topological polar surface area (TPSA) is 112 Å². The average molecular weight is 467 g/mol. The number of nitrogens with two attached hydrogens (primary N) is 1. The van der Waals surface area contributed by atoms with E-state index in [1.54, 1.807) is 16.2 Å². The van der Waals surface area contributed by atoms with Gasteiger partial charge in [0.15, 0.2) is 5.65 Å². The largest absolute Gasteiger partial charge is 0.383 e. The molecule has 0 unspecified atom stereocenters. The van der Waals surface area contributed by atoms with Crippen LogP contribution in [-0.4, -0.2) is 35.5 Å². The normalized spacial score (nSPS) is 13.7. The lowest BCUT2D eigenvalue weighted by Gasteiger charge is -2.18. The van der Waals surface area contributed by atoms with Gasteiger partial charge in [0.2, 0.25) is 0 Å². The minimum atomic E-state index is -0.817. The molecule has 0 radical (unpaired) electrons. The molecular weight excluding hydrogens is 440 g/mol. The first kappa shape index (κ1) is 22.6. The SMILES string of the molecule is CC1=c2c(cc(Cn3nc(C#C[C@@H](C)O)c4c(N)ncnc43)n(-c3ccccc3C)c2=O)=CCC1. The molecule has 4 aromatic rings. The second-order valence-electron chi connectivity index (χ2n) is 8.83. The fourth-order valence-electron chi connectivity index (χ4n) is 4.59. The summed E-state index contributed by atoms with van der Waals surface area (Å²) in [4.78, 5) is 22.4. The lowest BCUT2D eigenvalue weighted by molar-refractivity contribution is 0.253. The molecular formula is C27H26N6O2. The van der Waals surface area contributed by atoms with Crippen molar-refractivity contribution >= 4 is 28.5 Å². The molecule has 3 heterocycles. The highest BCUT2D eigenvalue weighted by atomic mass is 16.3. The van der Waals surface area contributed by atoms with E-state index >= 15 is 0 Å². The Labute approximate surface area is 202 Å². The first-order valence-electron chi connectivity index (χ1n) is 11.5. The second-order valence-corrected chi connectivity index (χ2v) is 8.83. The Morgan fingerprint density at radius 2 is 2.03 bits per heavy atom. The quantitative estimate of drug-likeness (QED) is 0.442. The molecule has 3 aromatic heterocycles. The van der Waals surface area contributed by atoms with Crippen LogP contribution in [0.3, 0.4) is 0 Å². The summed E-state index contributed by atoms with van der Waals surface area (Å²) in [6.07, 6.45) is 4.47. The van der Waals surface area contributed by atoms with Gasteiger partial charge in [-0.05, 0) is 62.4 Å². The van der Waals surface area contributed by atoms with E-state index in [1.165, 1.54) is 6.33 Å². The summed E-state index contributed by atoms with van der Waals surface area (Å²) in [6.45, 7) is 5.88. The van der Waals surface area contributed by atoms with Crippen molar-refractivity contribution < 1.29 is 5.11 Å². The molecule has 3 N–H and O–H groups in total. The third kappa shape index (κ3) is 4.00. The standard InChI is InChI=1S/C27H26N6O2/c1-16-7-4-5-10-22(16)33-20(13-19-9-6-8-17(2)23(19)27(33)35)14-32-26-24(25(28)29-15-30-26)21(31-32)12-11-18(3)34/h4-5,7,9-10,13,15,18,34H,6,8,14H2,1-3H3,(H2,28,29,30)/t18-/m1/s1. The van der Waals surface area contributed by atoms with Crippen molar-refractivity contribution in [1.82, 2.24) is 24.3 Å². The fourth-order valence-corrected chi connectivity index (χ4v) is 4.59. The van der Waals surface area contributed by atoms with Gasteiger partial charge < -0.3 is 10.8 Å². The summed E-state index contributed by atoms with van der Waals surface area (Å²) >= 11 is 0. The number of rotatable bonds is 3. The van der Waals surface area contributed by atoms with Gasteiger partial charge in [-0.3, -0.25) is 9.36 Å². The molecule has 0 spiro atoms. The van der Waals surface area contributed by atoms with Gasteiger partial charge >= 0.3 is 0 Å². The summed E-state index contributed by atoms with van der Waals surface area (Å²) in [5, 5.41) is 16.5. The zero-order valence-corrected chi connectivity index (χ0v) is 19.9. The Bertz CT molecular complexity index is 1720. The van der Waals surface area contributed by atoms with Crippen LogP contribution in [0.1, 0.15) is 43.6 Å². The van der Waals surface area contributed by atoms with Gasteiger partial charge in [0.05, 0.1) is 17.6 Å². The van der Waals surface area contributed by atoms with Gasteiger partial charge in [-0.15, -0.1) is 0 Å². The second kappa shape index (κ2) is 8.85. The number of hydrogen-bond acceptors (Lipinski definition) is 6. The van der Waals surface area contributed by atoms with Crippen molar-refractivity contribution in [2.45, 2.75) is 46.3 Å². The van der Waals surface area contributed by atoms with E-state index in [9.17, 15) is 9.90 Å². The molecule has 8 nitrogen and oxygen atoms in total. The highest BCUT2D eigenvalue weighted by molar-refractivity contribution is 5.90. The van der Waals surface area contributed by atoms with E-state index in [2.05, 4.69) is 39.0 Å². The van der Waals surface area contributed by atoms with Crippen molar-refractivity contribution in [3.05, 3.63) is 74.4 Å². The van der Waals surface area contributed by atoms with Crippen LogP contribution in [0, 0.1) is 18.8 Å². The predicted molar refractivity (Wildman–Crippen MR) is 136 cm³/mol. The van der Waals surface area contributed by atoms with Crippen molar-refractivity contribution in [3.63, 3.8) is 0 Å². The van der Waals surface area contributed by atoms with Gasteiger partial charge in [0.1, 0.15) is 23.9 Å². The van der Waals surface area contributed by atoms with Gasteiger partial charge in [-0.25, -0.2) is 14.6 Å². The van der Waals surface area contributed by atoms with E-state index < -0.39 is 6.10 Å². The molecule has 35 heavy (non-hydrogen) atoms. The zero-order valence-electron chi connectivity index (χ0n) is 19.9.